The van der Waals surface area contributed by atoms with Crippen LogP contribution in [0.3, 0.4) is 0 Å². The minimum Gasteiger partial charge on any atom is -0.355 e. The average Bonchev–Trinajstić information content (AvgIpc) is 2.82. The van der Waals surface area contributed by atoms with Crippen LogP contribution < -0.4 is 15.4 Å². The molecular formula is C23H32N4O4S. The van der Waals surface area contributed by atoms with Crippen LogP contribution in [0.1, 0.15) is 42.5 Å². The summed E-state index contributed by atoms with van der Waals surface area (Å²) in [4.78, 5) is 28.0. The van der Waals surface area contributed by atoms with E-state index in [1.807, 2.05) is 6.08 Å². The van der Waals surface area contributed by atoms with Crippen molar-refractivity contribution >= 4 is 21.8 Å². The van der Waals surface area contributed by atoms with Crippen LogP contribution in [0.15, 0.2) is 41.3 Å². The van der Waals surface area contributed by atoms with Crippen molar-refractivity contribution in [2.75, 3.05) is 39.3 Å². The lowest BCUT2D eigenvalue weighted by atomic mass is 9.76. The lowest BCUT2D eigenvalue weighted by Gasteiger charge is -2.37. The van der Waals surface area contributed by atoms with E-state index in [2.05, 4.69) is 15.4 Å². The largest absolute Gasteiger partial charge is 0.355 e. The molecule has 9 heteroatoms. The highest BCUT2D eigenvalue weighted by Crippen LogP contribution is 2.31. The van der Waals surface area contributed by atoms with Crippen LogP contribution in [-0.4, -0.2) is 64.4 Å². The van der Waals surface area contributed by atoms with Gasteiger partial charge in [0, 0.05) is 38.3 Å². The number of piperidine rings is 2. The van der Waals surface area contributed by atoms with E-state index < -0.39 is 15.4 Å². The molecule has 2 saturated heterocycles. The molecule has 4 aliphatic heterocycles. The molecule has 1 aromatic carbocycles. The number of rotatable bonds is 0. The van der Waals surface area contributed by atoms with Gasteiger partial charge >= 0.3 is 0 Å². The Bertz CT molecular complexity index is 977. The van der Waals surface area contributed by atoms with Gasteiger partial charge in [-0.05, 0) is 62.8 Å². The summed E-state index contributed by atoms with van der Waals surface area (Å²) < 4.78 is 28.0. The van der Waals surface area contributed by atoms with Crippen molar-refractivity contribution in [3.05, 3.63) is 42.0 Å². The van der Waals surface area contributed by atoms with Crippen LogP contribution in [0.25, 0.3) is 0 Å². The normalized spacial score (nSPS) is 28.7. The molecule has 0 aliphatic carbocycles. The van der Waals surface area contributed by atoms with Crippen molar-refractivity contribution in [3.63, 3.8) is 0 Å². The zero-order chi connectivity index (χ0) is 22.6. The first-order chi connectivity index (χ1) is 15.4. The van der Waals surface area contributed by atoms with Crippen LogP contribution in [-0.2, 0) is 14.8 Å². The number of amides is 2. The Morgan fingerprint density at radius 2 is 1.91 bits per heavy atom. The zero-order valence-corrected chi connectivity index (χ0v) is 19.1. The minimum atomic E-state index is -3.75. The van der Waals surface area contributed by atoms with Crippen molar-refractivity contribution in [2.24, 2.45) is 11.3 Å². The van der Waals surface area contributed by atoms with Gasteiger partial charge in [0.15, 0.2) is 0 Å². The summed E-state index contributed by atoms with van der Waals surface area (Å²) in [5, 5.41) is 6.52. The molecular weight excluding hydrogens is 428 g/mol. The molecule has 4 heterocycles. The van der Waals surface area contributed by atoms with E-state index in [0.717, 1.165) is 32.2 Å². The third-order valence-corrected chi connectivity index (χ3v) is 8.29. The molecule has 4 bridgehead atoms. The third kappa shape index (κ3) is 5.05. The maximum Gasteiger partial charge on any atom is 0.253 e. The van der Waals surface area contributed by atoms with Crippen LogP contribution in [0.4, 0.5) is 0 Å². The smallest absolute Gasteiger partial charge is 0.253 e. The lowest BCUT2D eigenvalue weighted by molar-refractivity contribution is -0.132. The molecule has 8 nitrogen and oxygen atoms in total. The Morgan fingerprint density at radius 1 is 1.09 bits per heavy atom. The second-order valence-corrected chi connectivity index (χ2v) is 10.8. The van der Waals surface area contributed by atoms with Crippen molar-refractivity contribution in [3.8, 4) is 0 Å². The number of carbonyl (C=O) groups excluding carboxylic acids is 2. The summed E-state index contributed by atoms with van der Waals surface area (Å²) in [7, 11) is -3.75. The summed E-state index contributed by atoms with van der Waals surface area (Å²) in [6, 6.07) is 6.22. The number of hydrogen-bond donors (Lipinski definition) is 3. The monoisotopic (exact) mass is 460 g/mol. The Morgan fingerprint density at radius 3 is 2.66 bits per heavy atom. The van der Waals surface area contributed by atoms with Gasteiger partial charge in [-0.3, -0.25) is 9.59 Å². The van der Waals surface area contributed by atoms with Gasteiger partial charge in [-0.25, -0.2) is 13.1 Å². The zero-order valence-electron chi connectivity index (χ0n) is 18.3. The fourth-order valence-corrected chi connectivity index (χ4v) is 5.83. The molecule has 4 aliphatic rings. The first kappa shape index (κ1) is 22.9. The molecule has 174 valence electrons. The van der Waals surface area contributed by atoms with Crippen molar-refractivity contribution in [1.82, 2.24) is 20.3 Å². The van der Waals surface area contributed by atoms with E-state index in [0.29, 0.717) is 44.1 Å². The molecule has 0 radical (unpaired) electrons. The molecule has 1 aromatic rings. The fourth-order valence-electron chi connectivity index (χ4n) is 4.81. The van der Waals surface area contributed by atoms with Crippen LogP contribution in [0.2, 0.25) is 0 Å². The second kappa shape index (κ2) is 9.72. The third-order valence-electron chi connectivity index (χ3n) is 6.86. The SMILES string of the molecule is O=C1c2cccc(c2)S(=O)(=O)NC/C=C\CC2(CCCNC2)C(=O)NCC2CCN1CC2. The highest BCUT2D eigenvalue weighted by atomic mass is 32.2. The summed E-state index contributed by atoms with van der Waals surface area (Å²) >= 11 is 0. The second-order valence-electron chi connectivity index (χ2n) is 9.06. The Kier molecular flexibility index (Phi) is 6.97. The highest BCUT2D eigenvalue weighted by Gasteiger charge is 2.38. The molecule has 1 atom stereocenters. The Balaban J connectivity index is 1.59. The van der Waals surface area contributed by atoms with Crippen molar-refractivity contribution < 1.29 is 18.0 Å². The number of nitrogens with zero attached hydrogens (tertiary/aromatic N) is 1. The van der Waals surface area contributed by atoms with E-state index >= 15 is 0 Å². The molecule has 1 unspecified atom stereocenters. The van der Waals surface area contributed by atoms with Gasteiger partial charge in [0.05, 0.1) is 10.3 Å². The van der Waals surface area contributed by atoms with E-state index in [9.17, 15) is 18.0 Å². The number of hydrogen-bond acceptors (Lipinski definition) is 5. The topological polar surface area (TPSA) is 108 Å². The van der Waals surface area contributed by atoms with E-state index in [1.54, 1.807) is 23.1 Å². The summed E-state index contributed by atoms with van der Waals surface area (Å²) in [6.07, 6.45) is 7.60. The molecule has 5 rings (SSSR count). The standard InChI is InChI=1S/C23H32N4O4S/c28-21-19-5-3-6-20(15-19)32(30,31)26-12-2-1-9-23(10-4-11-24-17-23)22(29)25-16-18-7-13-27(21)14-8-18/h1-3,5-6,15,18,24,26H,4,7-14,16-17H2,(H,25,29)/b2-1-. The summed E-state index contributed by atoms with van der Waals surface area (Å²) in [5.74, 6) is 0.240. The van der Waals surface area contributed by atoms with Crippen LogP contribution in [0, 0.1) is 11.3 Å². The number of fused-ring (bicyclic) bond motifs is 8. The maximum absolute atomic E-state index is 13.2. The Labute approximate surface area is 189 Å². The molecule has 0 aromatic heterocycles. The summed E-state index contributed by atoms with van der Waals surface area (Å²) in [5.41, 5.74) is -0.132. The van der Waals surface area contributed by atoms with Gasteiger partial charge < -0.3 is 15.5 Å². The average molecular weight is 461 g/mol. The number of nitrogens with one attached hydrogen (secondary N) is 3. The molecule has 32 heavy (non-hydrogen) atoms. The predicted octanol–water partition coefficient (Wildman–Crippen LogP) is 1.26. The fraction of sp³-hybridized carbons (Fsp3) is 0.565. The van der Waals surface area contributed by atoms with Crippen LogP contribution in [0.5, 0.6) is 0 Å². The number of allylic oxidation sites excluding steroid dienone is 1. The number of sulfonamides is 1. The van der Waals surface area contributed by atoms with Gasteiger partial charge in [0.2, 0.25) is 15.9 Å². The first-order valence-corrected chi connectivity index (χ1v) is 12.9. The number of benzene rings is 1. The first-order valence-electron chi connectivity index (χ1n) is 11.4. The van der Waals surface area contributed by atoms with Gasteiger partial charge in [0.25, 0.3) is 5.91 Å². The highest BCUT2D eigenvalue weighted by molar-refractivity contribution is 7.89. The number of carbonyl (C=O) groups is 2. The molecule has 1 spiro atoms. The minimum absolute atomic E-state index is 0.0598. The summed E-state index contributed by atoms with van der Waals surface area (Å²) in [6.45, 7) is 3.48. The molecule has 0 saturated carbocycles. The van der Waals surface area contributed by atoms with E-state index in [-0.39, 0.29) is 23.3 Å². The van der Waals surface area contributed by atoms with Gasteiger partial charge in [-0.2, -0.15) is 0 Å². The Hall–Kier alpha value is -2.23. The van der Waals surface area contributed by atoms with Gasteiger partial charge in [-0.1, -0.05) is 18.2 Å². The van der Waals surface area contributed by atoms with E-state index in [1.165, 1.54) is 12.1 Å². The lowest BCUT2D eigenvalue weighted by Crippen LogP contribution is -2.51. The van der Waals surface area contributed by atoms with E-state index in [4.69, 9.17) is 0 Å². The van der Waals surface area contributed by atoms with Crippen LogP contribution >= 0.6 is 0 Å². The van der Waals surface area contributed by atoms with Crippen molar-refractivity contribution in [2.45, 2.75) is 37.0 Å². The molecule has 2 amide bonds. The van der Waals surface area contributed by atoms with Crippen molar-refractivity contribution in [1.29, 1.82) is 0 Å². The maximum atomic E-state index is 13.2. The van der Waals surface area contributed by atoms with Gasteiger partial charge in [-0.15, -0.1) is 0 Å². The van der Waals surface area contributed by atoms with Gasteiger partial charge in [0.1, 0.15) is 0 Å². The molecule has 2 fully saturated rings. The quantitative estimate of drug-likeness (QED) is 0.506. The predicted molar refractivity (Wildman–Crippen MR) is 122 cm³/mol. The molecule has 3 N–H and O–H groups in total.